The van der Waals surface area contributed by atoms with Crippen molar-refractivity contribution in [3.63, 3.8) is 0 Å². The van der Waals surface area contributed by atoms with Crippen LogP contribution in [-0.2, 0) is 0 Å². The maximum Gasteiger partial charge on any atom is 0.191 e. The lowest BCUT2D eigenvalue weighted by molar-refractivity contribution is 0.612. The zero-order valence-electron chi connectivity index (χ0n) is 12.8. The van der Waals surface area contributed by atoms with Gasteiger partial charge in [0.2, 0.25) is 0 Å². The molecule has 122 valence electrons. The highest BCUT2D eigenvalue weighted by Crippen LogP contribution is 2.21. The predicted molar refractivity (Wildman–Crippen MR) is 97.5 cm³/mol. The van der Waals surface area contributed by atoms with Gasteiger partial charge in [0.05, 0.1) is 0 Å². The van der Waals surface area contributed by atoms with E-state index in [4.69, 9.17) is 0 Å². The molecule has 3 rings (SSSR count). The third-order valence-electron chi connectivity index (χ3n) is 3.80. The van der Waals surface area contributed by atoms with Crippen LogP contribution in [-0.4, -0.2) is 42.7 Å². The summed E-state index contributed by atoms with van der Waals surface area (Å²) in [5.41, 5.74) is 0. The number of hydrogen-bond acceptors (Lipinski definition) is 3. The van der Waals surface area contributed by atoms with Gasteiger partial charge in [0.15, 0.2) is 17.6 Å². The van der Waals surface area contributed by atoms with Crippen molar-refractivity contribution in [3.05, 3.63) is 24.1 Å². The summed E-state index contributed by atoms with van der Waals surface area (Å²) in [4.78, 5) is 10.6. The fourth-order valence-electron chi connectivity index (χ4n) is 2.59. The number of halogens is 2. The molecular weight excluding hydrogens is 396 g/mol. The zero-order valence-corrected chi connectivity index (χ0v) is 15.1. The Morgan fingerprint density at radius 3 is 2.82 bits per heavy atom. The lowest BCUT2D eigenvalue weighted by atomic mass is 10.3. The molecule has 5 nitrogen and oxygen atoms in total. The van der Waals surface area contributed by atoms with Crippen LogP contribution in [0.15, 0.2) is 23.3 Å². The molecule has 1 aliphatic heterocycles. The van der Waals surface area contributed by atoms with Gasteiger partial charge in [0.1, 0.15) is 0 Å². The van der Waals surface area contributed by atoms with Gasteiger partial charge in [0.25, 0.3) is 0 Å². The molecule has 1 saturated carbocycles. The summed E-state index contributed by atoms with van der Waals surface area (Å²) in [6.45, 7) is 4.35. The van der Waals surface area contributed by atoms with E-state index in [1.165, 1.54) is 18.9 Å². The second-order valence-electron chi connectivity index (χ2n) is 5.63. The molecule has 1 aromatic rings. The molecule has 0 aromatic carbocycles. The van der Waals surface area contributed by atoms with Crippen molar-refractivity contribution in [2.24, 2.45) is 4.99 Å². The molecule has 2 aliphatic rings. The number of aromatic nitrogens is 1. The molecule has 0 spiro atoms. The molecule has 0 amide bonds. The van der Waals surface area contributed by atoms with Crippen molar-refractivity contribution >= 4 is 35.8 Å². The smallest absolute Gasteiger partial charge is 0.191 e. The van der Waals surface area contributed by atoms with Gasteiger partial charge >= 0.3 is 0 Å². The number of rotatable bonds is 4. The van der Waals surface area contributed by atoms with E-state index in [0.717, 1.165) is 32.0 Å². The van der Waals surface area contributed by atoms with Crippen molar-refractivity contribution < 1.29 is 4.39 Å². The Kier molecular flexibility index (Phi) is 6.22. The first-order valence-corrected chi connectivity index (χ1v) is 7.69. The molecule has 0 radical (unpaired) electrons. The Labute approximate surface area is 147 Å². The molecule has 1 aromatic heterocycles. The molecule has 0 bridgehead atoms. The van der Waals surface area contributed by atoms with E-state index < -0.39 is 0 Å². The van der Waals surface area contributed by atoms with E-state index >= 15 is 0 Å². The minimum Gasteiger partial charge on any atom is -0.354 e. The number of nitrogens with one attached hydrogen (secondary N) is 2. The van der Waals surface area contributed by atoms with Crippen LogP contribution in [0.3, 0.4) is 0 Å². The van der Waals surface area contributed by atoms with E-state index in [9.17, 15) is 4.39 Å². The zero-order chi connectivity index (χ0) is 14.7. The van der Waals surface area contributed by atoms with Gasteiger partial charge in [-0.05, 0) is 38.3 Å². The fourth-order valence-corrected chi connectivity index (χ4v) is 2.59. The number of pyridine rings is 1. The van der Waals surface area contributed by atoms with E-state index in [-0.39, 0.29) is 35.8 Å². The second-order valence-corrected chi connectivity index (χ2v) is 5.63. The highest BCUT2D eigenvalue weighted by molar-refractivity contribution is 14.0. The average molecular weight is 419 g/mol. The Bertz CT molecular complexity index is 520. The lowest BCUT2D eigenvalue weighted by Crippen LogP contribution is -2.45. The Hall–Kier alpha value is -1.12. The summed E-state index contributed by atoms with van der Waals surface area (Å²) in [6, 6.07) is 3.94. The van der Waals surface area contributed by atoms with Crippen LogP contribution in [0.25, 0.3) is 0 Å². The topological polar surface area (TPSA) is 52.6 Å². The number of guanidine groups is 1. The summed E-state index contributed by atoms with van der Waals surface area (Å²) >= 11 is 0. The van der Waals surface area contributed by atoms with Crippen molar-refractivity contribution in [2.75, 3.05) is 24.5 Å². The molecule has 22 heavy (non-hydrogen) atoms. The first-order valence-electron chi connectivity index (χ1n) is 7.69. The molecule has 2 N–H and O–H groups in total. The van der Waals surface area contributed by atoms with Crippen LogP contribution in [0, 0.1) is 5.82 Å². The summed E-state index contributed by atoms with van der Waals surface area (Å²) in [5.74, 6) is 1.08. The van der Waals surface area contributed by atoms with Gasteiger partial charge in [-0.3, -0.25) is 4.99 Å². The highest BCUT2D eigenvalue weighted by Gasteiger charge is 2.28. The number of nitrogens with zero attached hydrogens (tertiary/aromatic N) is 3. The first-order chi connectivity index (χ1) is 10.3. The first kappa shape index (κ1) is 17.2. The van der Waals surface area contributed by atoms with E-state index in [1.54, 1.807) is 12.3 Å². The molecular formula is C15H23FIN5. The Morgan fingerprint density at radius 2 is 2.14 bits per heavy atom. The van der Waals surface area contributed by atoms with Crippen molar-refractivity contribution in [1.82, 2.24) is 15.6 Å². The summed E-state index contributed by atoms with van der Waals surface area (Å²) in [5, 5.41) is 6.87. The van der Waals surface area contributed by atoms with Crippen LogP contribution in [0.4, 0.5) is 10.2 Å². The third kappa shape index (κ3) is 4.44. The molecule has 1 saturated heterocycles. The molecule has 1 aliphatic carbocycles. The largest absolute Gasteiger partial charge is 0.354 e. The number of aliphatic imine (C=N–C) groups is 1. The van der Waals surface area contributed by atoms with Crippen molar-refractivity contribution in [2.45, 2.75) is 38.3 Å². The number of hydrogen-bond donors (Lipinski definition) is 2. The summed E-state index contributed by atoms with van der Waals surface area (Å²) in [6.07, 6.45) is 5.05. The van der Waals surface area contributed by atoms with Gasteiger partial charge < -0.3 is 15.5 Å². The van der Waals surface area contributed by atoms with Crippen LogP contribution in [0.2, 0.25) is 0 Å². The molecule has 1 unspecified atom stereocenters. The van der Waals surface area contributed by atoms with Gasteiger partial charge in [-0.2, -0.15) is 0 Å². The van der Waals surface area contributed by atoms with Gasteiger partial charge in [-0.1, -0.05) is 0 Å². The van der Waals surface area contributed by atoms with E-state index in [1.807, 2.05) is 11.8 Å². The minimum absolute atomic E-state index is 0. The molecule has 2 fully saturated rings. The fraction of sp³-hybridized carbons (Fsp3) is 0.600. The summed E-state index contributed by atoms with van der Waals surface area (Å²) < 4.78 is 13.8. The van der Waals surface area contributed by atoms with Gasteiger partial charge in [-0.15, -0.1) is 24.0 Å². The Morgan fingerprint density at radius 1 is 1.36 bits per heavy atom. The monoisotopic (exact) mass is 419 g/mol. The van der Waals surface area contributed by atoms with Crippen LogP contribution in [0.5, 0.6) is 0 Å². The van der Waals surface area contributed by atoms with E-state index in [0.29, 0.717) is 11.9 Å². The maximum atomic E-state index is 13.8. The molecule has 1 atom stereocenters. The normalized spacial score (nSPS) is 21.5. The van der Waals surface area contributed by atoms with Gasteiger partial charge in [0, 0.05) is 37.9 Å². The quantitative estimate of drug-likeness (QED) is 0.446. The second kappa shape index (κ2) is 7.94. The number of anilines is 1. The maximum absolute atomic E-state index is 13.8. The highest BCUT2D eigenvalue weighted by atomic mass is 127. The predicted octanol–water partition coefficient (Wildman–Crippen LogP) is 2.13. The molecule has 7 heteroatoms. The average Bonchev–Trinajstić information content (AvgIpc) is 3.16. The van der Waals surface area contributed by atoms with Crippen molar-refractivity contribution in [3.8, 4) is 0 Å². The SMILES string of the molecule is CCN=C(NC1CC1)NC1CCN(c2ncccc2F)C1.I. The van der Waals surface area contributed by atoms with Crippen LogP contribution >= 0.6 is 24.0 Å². The standard InChI is InChI=1S/C15H22FN5.HI/c1-2-17-15(19-11-5-6-11)20-12-7-9-21(10-12)14-13(16)4-3-8-18-14;/h3-4,8,11-12H,2,5-7,9-10H2,1H3,(H2,17,19,20);1H. The molecule has 2 heterocycles. The van der Waals surface area contributed by atoms with Crippen molar-refractivity contribution in [1.29, 1.82) is 0 Å². The Balaban J connectivity index is 0.00000176. The van der Waals surface area contributed by atoms with Gasteiger partial charge in [-0.25, -0.2) is 9.37 Å². The lowest BCUT2D eigenvalue weighted by Gasteiger charge is -2.20. The van der Waals surface area contributed by atoms with E-state index in [2.05, 4.69) is 20.6 Å². The summed E-state index contributed by atoms with van der Waals surface area (Å²) in [7, 11) is 0. The van der Waals surface area contributed by atoms with Crippen LogP contribution in [0.1, 0.15) is 26.2 Å². The third-order valence-corrected chi connectivity index (χ3v) is 3.80. The minimum atomic E-state index is -0.253. The van der Waals surface area contributed by atoms with Crippen LogP contribution < -0.4 is 15.5 Å².